The molecule has 1 aliphatic carbocycles. The Bertz CT molecular complexity index is 907. The number of anilines is 2. The van der Waals surface area contributed by atoms with Gasteiger partial charge in [0.25, 0.3) is 0 Å². The van der Waals surface area contributed by atoms with Gasteiger partial charge in [0.05, 0.1) is 0 Å². The molecule has 1 heterocycles. The average molecular weight is 451 g/mol. The second-order valence-electron chi connectivity index (χ2n) is 7.84. The van der Waals surface area contributed by atoms with Gasteiger partial charge < -0.3 is 10.1 Å². The van der Waals surface area contributed by atoms with Crippen LogP contribution in [0.15, 0.2) is 36.4 Å². The number of carbonyl (C=O) groups is 1. The Morgan fingerprint density at radius 1 is 1.23 bits per heavy atom. The van der Waals surface area contributed by atoms with Gasteiger partial charge in [0.15, 0.2) is 0 Å². The molecule has 0 bridgehead atoms. The van der Waals surface area contributed by atoms with Crippen LogP contribution in [-0.4, -0.2) is 36.0 Å². The van der Waals surface area contributed by atoms with Gasteiger partial charge in [-0.05, 0) is 55.7 Å². The van der Waals surface area contributed by atoms with Crippen molar-refractivity contribution in [3.8, 4) is 5.88 Å². The summed E-state index contributed by atoms with van der Waals surface area (Å²) in [7, 11) is 0. The molecule has 6 nitrogen and oxygen atoms in total. The van der Waals surface area contributed by atoms with Crippen molar-refractivity contribution in [2.24, 2.45) is 0 Å². The number of rotatable bonds is 8. The fourth-order valence-corrected chi connectivity index (χ4v) is 4.23. The summed E-state index contributed by atoms with van der Waals surface area (Å²) in [5, 5.41) is 2.74. The first-order valence-corrected chi connectivity index (χ1v) is 11.4. The van der Waals surface area contributed by atoms with E-state index in [0.717, 1.165) is 24.1 Å². The van der Waals surface area contributed by atoms with Gasteiger partial charge in [-0.15, -0.1) is 0 Å². The van der Waals surface area contributed by atoms with E-state index in [1.165, 1.54) is 6.07 Å². The smallest absolute Gasteiger partial charge is 0.388 e. The van der Waals surface area contributed by atoms with Gasteiger partial charge in [-0.2, -0.15) is 8.78 Å². The summed E-state index contributed by atoms with van der Waals surface area (Å²) >= 11 is 1.56. The number of alkyl halides is 2. The van der Waals surface area contributed by atoms with Gasteiger partial charge in [-0.25, -0.2) is 9.78 Å². The Balaban J connectivity index is 1.91. The average Bonchev–Trinajstić information content (AvgIpc) is 2.68. The molecule has 0 unspecified atom stereocenters. The molecule has 1 aromatic heterocycles. The van der Waals surface area contributed by atoms with Crippen LogP contribution in [-0.2, 0) is 0 Å². The Morgan fingerprint density at radius 3 is 2.58 bits per heavy atom. The highest BCUT2D eigenvalue weighted by Crippen LogP contribution is 2.36. The maximum absolute atomic E-state index is 13.4. The molecule has 1 fully saturated rings. The third kappa shape index (κ3) is 5.65. The number of hydrogen-bond acceptors (Lipinski definition) is 5. The van der Waals surface area contributed by atoms with E-state index in [2.05, 4.69) is 33.6 Å². The van der Waals surface area contributed by atoms with Crippen molar-refractivity contribution in [1.82, 2.24) is 9.71 Å². The zero-order chi connectivity index (χ0) is 22.5. The SMILES string of the molecule is CSNC1CC(N(C(=O)Nc2ccc(C)nc2OC(F)F)c2ccccc2C(C)C)C1. The van der Waals surface area contributed by atoms with Gasteiger partial charge in [0.1, 0.15) is 5.69 Å². The molecule has 31 heavy (non-hydrogen) atoms. The van der Waals surface area contributed by atoms with Gasteiger partial charge >= 0.3 is 12.6 Å². The lowest BCUT2D eigenvalue weighted by Gasteiger charge is -2.43. The highest BCUT2D eigenvalue weighted by Gasteiger charge is 2.38. The zero-order valence-electron chi connectivity index (χ0n) is 18.1. The number of nitrogens with one attached hydrogen (secondary N) is 2. The molecule has 1 saturated carbocycles. The predicted octanol–water partition coefficient (Wildman–Crippen LogP) is 5.55. The summed E-state index contributed by atoms with van der Waals surface area (Å²) in [4.78, 5) is 19.2. The van der Waals surface area contributed by atoms with Crippen molar-refractivity contribution >= 4 is 29.4 Å². The second kappa shape index (κ2) is 10.3. The number of carbonyl (C=O) groups excluding carboxylic acids is 1. The molecule has 1 aliphatic rings. The minimum Gasteiger partial charge on any atom is -0.415 e. The van der Waals surface area contributed by atoms with Crippen LogP contribution in [0.2, 0.25) is 0 Å². The number of nitrogens with zero attached hydrogens (tertiary/aromatic N) is 2. The summed E-state index contributed by atoms with van der Waals surface area (Å²) in [6.07, 6.45) is 3.57. The number of benzene rings is 1. The molecule has 0 aliphatic heterocycles. The highest BCUT2D eigenvalue weighted by atomic mass is 32.2. The number of aryl methyl sites for hydroxylation is 1. The Morgan fingerprint density at radius 2 is 1.94 bits per heavy atom. The van der Waals surface area contributed by atoms with Crippen LogP contribution in [0.3, 0.4) is 0 Å². The van der Waals surface area contributed by atoms with Crippen LogP contribution in [0.1, 0.15) is 43.9 Å². The first-order chi connectivity index (χ1) is 14.8. The Kier molecular flexibility index (Phi) is 7.72. The summed E-state index contributed by atoms with van der Waals surface area (Å²) in [6, 6.07) is 10.9. The van der Waals surface area contributed by atoms with Crippen LogP contribution in [0, 0.1) is 6.92 Å². The molecule has 2 amide bonds. The second-order valence-corrected chi connectivity index (χ2v) is 8.49. The van der Waals surface area contributed by atoms with Crippen molar-refractivity contribution in [1.29, 1.82) is 0 Å². The minimum atomic E-state index is -3.03. The van der Waals surface area contributed by atoms with Crippen molar-refractivity contribution < 1.29 is 18.3 Å². The number of halogens is 2. The number of pyridine rings is 1. The van der Waals surface area contributed by atoms with E-state index in [1.54, 1.807) is 29.8 Å². The third-order valence-corrected chi connectivity index (χ3v) is 5.81. The molecule has 0 spiro atoms. The van der Waals surface area contributed by atoms with Gasteiger partial charge in [0.2, 0.25) is 5.88 Å². The molecule has 0 saturated heterocycles. The zero-order valence-corrected chi connectivity index (χ0v) is 18.9. The number of hydrogen-bond donors (Lipinski definition) is 2. The van der Waals surface area contributed by atoms with Gasteiger partial charge in [-0.3, -0.25) is 9.62 Å². The maximum atomic E-state index is 13.4. The van der Waals surface area contributed by atoms with Gasteiger partial charge in [-0.1, -0.05) is 44.0 Å². The maximum Gasteiger partial charge on any atom is 0.388 e. The highest BCUT2D eigenvalue weighted by molar-refractivity contribution is 7.96. The lowest BCUT2D eigenvalue weighted by atomic mass is 9.85. The van der Waals surface area contributed by atoms with E-state index in [9.17, 15) is 13.6 Å². The number of ether oxygens (including phenoxy) is 1. The summed E-state index contributed by atoms with van der Waals surface area (Å²) in [6.45, 7) is 2.79. The fourth-order valence-electron chi connectivity index (χ4n) is 3.71. The van der Waals surface area contributed by atoms with Crippen LogP contribution in [0.4, 0.5) is 25.0 Å². The normalized spacial score (nSPS) is 18.1. The van der Waals surface area contributed by atoms with Crippen molar-refractivity contribution in [3.05, 3.63) is 47.7 Å². The van der Waals surface area contributed by atoms with Crippen LogP contribution in [0.5, 0.6) is 5.88 Å². The quantitative estimate of drug-likeness (QED) is 0.516. The molecule has 0 radical (unpaired) electrons. The Labute approximate surface area is 185 Å². The number of urea groups is 1. The number of para-hydroxylation sites is 1. The summed E-state index contributed by atoms with van der Waals surface area (Å²) in [5.74, 6) is -0.0820. The van der Waals surface area contributed by atoms with Gasteiger partial charge in [0, 0.05) is 23.5 Å². The minimum absolute atomic E-state index is 0.0116. The standard InChI is InChI=1S/C22H28F2N4O2S/c1-13(2)17-7-5-6-8-19(17)28(16-11-15(12-16)27-31-4)22(29)26-18-10-9-14(3)25-20(18)30-21(23)24/h5-10,13,15-16,21,27H,11-12H2,1-4H3,(H,26,29). The molecular weight excluding hydrogens is 422 g/mol. The summed E-state index contributed by atoms with van der Waals surface area (Å²) < 4.78 is 33.6. The van der Waals surface area contributed by atoms with Crippen LogP contribution >= 0.6 is 11.9 Å². The monoisotopic (exact) mass is 450 g/mol. The lowest BCUT2D eigenvalue weighted by Crippen LogP contribution is -2.54. The fraction of sp³-hybridized carbons (Fsp3) is 0.455. The molecule has 3 rings (SSSR count). The molecule has 0 atom stereocenters. The van der Waals surface area contributed by atoms with Crippen LogP contribution in [0.25, 0.3) is 0 Å². The van der Waals surface area contributed by atoms with Crippen molar-refractivity contribution in [3.63, 3.8) is 0 Å². The molecule has 2 N–H and O–H groups in total. The predicted molar refractivity (Wildman–Crippen MR) is 121 cm³/mol. The molecular formula is C22H28F2N4O2S. The molecule has 9 heteroatoms. The topological polar surface area (TPSA) is 66.5 Å². The van der Waals surface area contributed by atoms with E-state index in [0.29, 0.717) is 11.7 Å². The molecule has 168 valence electrons. The molecule has 2 aromatic rings. The first kappa shape index (κ1) is 23.3. The lowest BCUT2D eigenvalue weighted by molar-refractivity contribution is -0.0523. The van der Waals surface area contributed by atoms with E-state index >= 15 is 0 Å². The van der Waals surface area contributed by atoms with E-state index < -0.39 is 12.6 Å². The van der Waals surface area contributed by atoms with E-state index in [1.807, 2.05) is 30.5 Å². The van der Waals surface area contributed by atoms with Crippen LogP contribution < -0.4 is 19.7 Å². The Hall–Kier alpha value is -2.39. The van der Waals surface area contributed by atoms with E-state index in [-0.39, 0.29) is 23.5 Å². The van der Waals surface area contributed by atoms with E-state index in [4.69, 9.17) is 0 Å². The number of amides is 2. The summed E-state index contributed by atoms with van der Waals surface area (Å²) in [5.41, 5.74) is 2.49. The van der Waals surface area contributed by atoms with Crippen molar-refractivity contribution in [2.75, 3.05) is 16.5 Å². The third-order valence-electron chi connectivity index (χ3n) is 5.24. The van der Waals surface area contributed by atoms with Crippen molar-refractivity contribution in [2.45, 2.75) is 58.2 Å². The molecule has 1 aromatic carbocycles. The first-order valence-electron chi connectivity index (χ1n) is 10.2. The largest absolute Gasteiger partial charge is 0.415 e. The number of aromatic nitrogens is 1.